The molecular weight excluding hydrogens is 331 g/mol. The first kappa shape index (κ1) is 14.9. The fourth-order valence-electron chi connectivity index (χ4n) is 1.86. The van der Waals surface area contributed by atoms with Crippen molar-refractivity contribution in [3.05, 3.63) is 28.5 Å². The van der Waals surface area contributed by atoms with Crippen molar-refractivity contribution < 1.29 is 18.7 Å². The Hall–Kier alpha value is -1.47. The van der Waals surface area contributed by atoms with Gasteiger partial charge < -0.3 is 15.4 Å². The van der Waals surface area contributed by atoms with Gasteiger partial charge in [0.25, 0.3) is 0 Å². The van der Waals surface area contributed by atoms with Gasteiger partial charge in [0.1, 0.15) is 5.82 Å². The Morgan fingerprint density at radius 2 is 2.20 bits per heavy atom. The van der Waals surface area contributed by atoms with E-state index in [1.54, 1.807) is 0 Å². The van der Waals surface area contributed by atoms with Crippen LogP contribution in [0.15, 0.2) is 22.7 Å². The molecule has 1 saturated heterocycles. The Morgan fingerprint density at radius 1 is 1.40 bits per heavy atom. The van der Waals surface area contributed by atoms with Crippen molar-refractivity contribution in [1.29, 1.82) is 0 Å². The van der Waals surface area contributed by atoms with Gasteiger partial charge in [0.05, 0.1) is 11.8 Å². The summed E-state index contributed by atoms with van der Waals surface area (Å²) in [6.45, 7) is 0.962. The maximum Gasteiger partial charge on any atom is 0.313 e. The Morgan fingerprint density at radius 3 is 2.90 bits per heavy atom. The number of halogens is 2. The molecule has 0 radical (unpaired) electrons. The minimum absolute atomic E-state index is 0.0448. The summed E-state index contributed by atoms with van der Waals surface area (Å²) < 4.78 is 19.4. The van der Waals surface area contributed by atoms with Gasteiger partial charge in [-0.3, -0.25) is 9.59 Å². The molecule has 1 heterocycles. The number of hydrogen-bond donors (Lipinski definition) is 2. The third kappa shape index (κ3) is 4.01. The second-order valence-corrected chi connectivity index (χ2v) is 5.34. The SMILES string of the molecule is O=C(NCC1CCCO1)C(=O)Nc1cc(Br)ccc1F. The molecular formula is C13H14BrFN2O3. The van der Waals surface area contributed by atoms with Crippen LogP contribution in [0.3, 0.4) is 0 Å². The third-order valence-electron chi connectivity index (χ3n) is 2.90. The number of rotatable bonds is 3. The molecule has 0 spiro atoms. The fraction of sp³-hybridized carbons (Fsp3) is 0.385. The molecule has 2 rings (SSSR count). The van der Waals surface area contributed by atoms with E-state index in [0.717, 1.165) is 12.8 Å². The molecule has 1 unspecified atom stereocenters. The first-order valence-corrected chi connectivity index (χ1v) is 7.01. The molecule has 7 heteroatoms. The smallest absolute Gasteiger partial charge is 0.313 e. The number of carbonyl (C=O) groups is 2. The van der Waals surface area contributed by atoms with Crippen LogP contribution in [0.1, 0.15) is 12.8 Å². The van der Waals surface area contributed by atoms with Gasteiger partial charge in [-0.15, -0.1) is 0 Å². The quantitative estimate of drug-likeness (QED) is 0.822. The van der Waals surface area contributed by atoms with Gasteiger partial charge in [0.15, 0.2) is 0 Å². The van der Waals surface area contributed by atoms with Crippen molar-refractivity contribution in [2.24, 2.45) is 0 Å². The number of hydrogen-bond acceptors (Lipinski definition) is 3. The van der Waals surface area contributed by atoms with Gasteiger partial charge in [0, 0.05) is 17.6 Å². The lowest BCUT2D eigenvalue weighted by atomic mass is 10.2. The summed E-state index contributed by atoms with van der Waals surface area (Å²) in [5.41, 5.74) is -0.0448. The van der Waals surface area contributed by atoms with Crippen molar-refractivity contribution in [3.8, 4) is 0 Å². The maximum absolute atomic E-state index is 13.4. The summed E-state index contributed by atoms with van der Waals surface area (Å²) in [6.07, 6.45) is 1.77. The monoisotopic (exact) mass is 344 g/mol. The minimum atomic E-state index is -0.903. The number of carbonyl (C=O) groups excluding carboxylic acids is 2. The molecule has 1 aromatic carbocycles. The highest BCUT2D eigenvalue weighted by molar-refractivity contribution is 9.10. The highest BCUT2D eigenvalue weighted by Gasteiger charge is 2.20. The zero-order chi connectivity index (χ0) is 14.5. The molecule has 5 nitrogen and oxygen atoms in total. The van der Waals surface area contributed by atoms with E-state index in [4.69, 9.17) is 4.74 Å². The molecule has 1 aliphatic rings. The Labute approximate surface area is 124 Å². The fourth-order valence-corrected chi connectivity index (χ4v) is 2.23. The van der Waals surface area contributed by atoms with Crippen molar-refractivity contribution in [2.75, 3.05) is 18.5 Å². The highest BCUT2D eigenvalue weighted by Crippen LogP contribution is 2.19. The summed E-state index contributed by atoms with van der Waals surface area (Å²) in [5, 5.41) is 4.70. The van der Waals surface area contributed by atoms with Gasteiger partial charge in [-0.05, 0) is 31.0 Å². The Balaban J connectivity index is 1.87. The van der Waals surface area contributed by atoms with Crippen LogP contribution in [0.25, 0.3) is 0 Å². The topological polar surface area (TPSA) is 67.4 Å². The van der Waals surface area contributed by atoms with E-state index in [0.29, 0.717) is 11.1 Å². The van der Waals surface area contributed by atoms with E-state index in [-0.39, 0.29) is 18.3 Å². The van der Waals surface area contributed by atoms with Gasteiger partial charge in [-0.25, -0.2) is 4.39 Å². The van der Waals surface area contributed by atoms with Crippen LogP contribution < -0.4 is 10.6 Å². The lowest BCUT2D eigenvalue weighted by molar-refractivity contribution is -0.136. The van der Waals surface area contributed by atoms with Crippen LogP contribution >= 0.6 is 15.9 Å². The second-order valence-electron chi connectivity index (χ2n) is 4.42. The molecule has 0 aliphatic carbocycles. The minimum Gasteiger partial charge on any atom is -0.376 e. The highest BCUT2D eigenvalue weighted by atomic mass is 79.9. The van der Waals surface area contributed by atoms with E-state index in [2.05, 4.69) is 26.6 Å². The summed E-state index contributed by atoms with van der Waals surface area (Å²) in [4.78, 5) is 23.2. The molecule has 108 valence electrons. The molecule has 20 heavy (non-hydrogen) atoms. The molecule has 1 aliphatic heterocycles. The maximum atomic E-state index is 13.4. The predicted molar refractivity (Wildman–Crippen MR) is 74.7 cm³/mol. The number of nitrogens with one attached hydrogen (secondary N) is 2. The summed E-state index contributed by atoms with van der Waals surface area (Å²) in [6, 6.07) is 4.09. The number of anilines is 1. The van der Waals surface area contributed by atoms with Gasteiger partial charge in [-0.1, -0.05) is 15.9 Å². The van der Waals surface area contributed by atoms with E-state index in [1.807, 2.05) is 0 Å². The van der Waals surface area contributed by atoms with Crippen LogP contribution in [-0.2, 0) is 14.3 Å². The van der Waals surface area contributed by atoms with Crippen LogP contribution in [0.2, 0.25) is 0 Å². The van der Waals surface area contributed by atoms with Crippen molar-refractivity contribution in [2.45, 2.75) is 18.9 Å². The summed E-state index contributed by atoms with van der Waals surface area (Å²) in [5.74, 6) is -2.31. The number of amides is 2. The standard InChI is InChI=1S/C13H14BrFN2O3/c14-8-3-4-10(15)11(6-8)17-13(19)12(18)16-7-9-2-1-5-20-9/h3-4,6,9H,1-2,5,7H2,(H,16,18)(H,17,19). The van der Waals surface area contributed by atoms with E-state index in [1.165, 1.54) is 18.2 Å². The van der Waals surface area contributed by atoms with Crippen LogP contribution in [0, 0.1) is 5.82 Å². The average molecular weight is 345 g/mol. The van der Waals surface area contributed by atoms with E-state index in [9.17, 15) is 14.0 Å². The predicted octanol–water partition coefficient (Wildman–Crippen LogP) is 1.82. The van der Waals surface area contributed by atoms with Crippen molar-refractivity contribution in [3.63, 3.8) is 0 Å². The second kappa shape index (κ2) is 6.81. The lowest BCUT2D eigenvalue weighted by Gasteiger charge is -2.11. The Bertz CT molecular complexity index is 518. The molecule has 2 amide bonds. The van der Waals surface area contributed by atoms with E-state index >= 15 is 0 Å². The molecule has 1 atom stereocenters. The molecule has 0 saturated carbocycles. The molecule has 1 fully saturated rings. The summed E-state index contributed by atoms with van der Waals surface area (Å²) in [7, 11) is 0. The first-order valence-electron chi connectivity index (χ1n) is 6.22. The molecule has 0 bridgehead atoms. The van der Waals surface area contributed by atoms with Gasteiger partial charge in [-0.2, -0.15) is 0 Å². The summed E-state index contributed by atoms with van der Waals surface area (Å²) >= 11 is 3.16. The number of benzene rings is 1. The van der Waals surface area contributed by atoms with E-state index < -0.39 is 17.6 Å². The number of ether oxygens (including phenoxy) is 1. The average Bonchev–Trinajstić information content (AvgIpc) is 2.93. The van der Waals surface area contributed by atoms with Gasteiger partial charge in [0.2, 0.25) is 0 Å². The molecule has 2 N–H and O–H groups in total. The third-order valence-corrected chi connectivity index (χ3v) is 3.39. The normalized spacial score (nSPS) is 17.8. The van der Waals surface area contributed by atoms with Crippen molar-refractivity contribution in [1.82, 2.24) is 5.32 Å². The van der Waals surface area contributed by atoms with Crippen LogP contribution in [0.4, 0.5) is 10.1 Å². The van der Waals surface area contributed by atoms with Crippen LogP contribution in [-0.4, -0.2) is 31.1 Å². The van der Waals surface area contributed by atoms with Gasteiger partial charge >= 0.3 is 11.8 Å². The van der Waals surface area contributed by atoms with Crippen LogP contribution in [0.5, 0.6) is 0 Å². The lowest BCUT2D eigenvalue weighted by Crippen LogP contribution is -2.39. The Kier molecular flexibility index (Phi) is 5.08. The zero-order valence-electron chi connectivity index (χ0n) is 10.6. The largest absolute Gasteiger partial charge is 0.376 e. The molecule has 1 aromatic rings. The first-order chi connectivity index (χ1) is 9.56. The van der Waals surface area contributed by atoms with Crippen molar-refractivity contribution >= 4 is 33.4 Å². The molecule has 0 aromatic heterocycles. The zero-order valence-corrected chi connectivity index (χ0v) is 12.2.